The number of anilines is 1. The number of halogens is 3. The second-order valence-electron chi connectivity index (χ2n) is 10.2. The molecule has 0 aliphatic carbocycles. The molecule has 43 heavy (non-hydrogen) atoms. The summed E-state index contributed by atoms with van der Waals surface area (Å²) in [4.78, 5) is 31.3. The van der Waals surface area contributed by atoms with Crippen LogP contribution in [0.4, 0.5) is 18.9 Å². The van der Waals surface area contributed by atoms with Gasteiger partial charge in [0.2, 0.25) is 0 Å². The van der Waals surface area contributed by atoms with Crippen molar-refractivity contribution in [3.8, 4) is 0 Å². The Morgan fingerprint density at radius 3 is 2.47 bits per heavy atom. The van der Waals surface area contributed by atoms with Gasteiger partial charge in [-0.1, -0.05) is 30.3 Å². The summed E-state index contributed by atoms with van der Waals surface area (Å²) in [6.07, 6.45) is -4.36. The average molecular weight is 620 g/mol. The molecule has 1 atom stereocenters. The van der Waals surface area contributed by atoms with Crippen molar-refractivity contribution in [3.63, 3.8) is 0 Å². The molecule has 0 amide bonds. The number of aliphatic hydroxyl groups is 1. The molecule has 2 aromatic heterocycles. The highest BCUT2D eigenvalue weighted by atomic mass is 32.2. The van der Waals surface area contributed by atoms with Crippen molar-refractivity contribution in [1.82, 2.24) is 19.9 Å². The van der Waals surface area contributed by atoms with Gasteiger partial charge < -0.3 is 19.7 Å². The SMILES string of the molecule is CC(C)(CCn1cnc2ccc(C(=O)OC(=O)C(F)(F)F)nc21)NCC(O)c1cccc(NS(=O)(=O)c2ccccc2)c1. The Hall–Kier alpha value is -4.34. The molecule has 0 radical (unpaired) electrons. The zero-order valence-corrected chi connectivity index (χ0v) is 23.8. The Morgan fingerprint density at radius 2 is 1.77 bits per heavy atom. The minimum Gasteiger partial charge on any atom is -0.387 e. The van der Waals surface area contributed by atoms with E-state index in [2.05, 4.69) is 24.7 Å². The molecule has 0 saturated heterocycles. The van der Waals surface area contributed by atoms with E-state index in [0.717, 1.165) is 6.07 Å². The molecular formula is C28H28F3N5O6S. The average Bonchev–Trinajstić information content (AvgIpc) is 3.37. The number of aliphatic hydroxyl groups excluding tert-OH is 1. The molecule has 0 bridgehead atoms. The van der Waals surface area contributed by atoms with Crippen molar-refractivity contribution >= 4 is 38.8 Å². The van der Waals surface area contributed by atoms with Gasteiger partial charge in [0.05, 0.1) is 17.3 Å². The van der Waals surface area contributed by atoms with Gasteiger partial charge in [-0.3, -0.25) is 4.72 Å². The van der Waals surface area contributed by atoms with Crippen LogP contribution in [0.15, 0.2) is 78.0 Å². The number of hydrogen-bond donors (Lipinski definition) is 3. The number of alkyl halides is 3. The third kappa shape index (κ3) is 8.15. The summed E-state index contributed by atoms with van der Waals surface area (Å²) >= 11 is 0. The van der Waals surface area contributed by atoms with E-state index in [1.54, 1.807) is 47.0 Å². The predicted octanol–water partition coefficient (Wildman–Crippen LogP) is 3.97. The van der Waals surface area contributed by atoms with Crippen LogP contribution in [-0.2, 0) is 26.1 Å². The number of ether oxygens (including phenoxy) is 1. The number of esters is 2. The summed E-state index contributed by atoms with van der Waals surface area (Å²) in [6, 6.07) is 16.8. The molecule has 4 aromatic rings. The van der Waals surface area contributed by atoms with E-state index in [4.69, 9.17) is 0 Å². The van der Waals surface area contributed by atoms with Crippen molar-refractivity contribution in [3.05, 3.63) is 84.3 Å². The third-order valence-electron chi connectivity index (χ3n) is 6.42. The predicted molar refractivity (Wildman–Crippen MR) is 149 cm³/mol. The lowest BCUT2D eigenvalue weighted by Crippen LogP contribution is -2.42. The quantitative estimate of drug-likeness (QED) is 0.167. The number of carbonyl (C=O) groups excluding carboxylic acids is 2. The van der Waals surface area contributed by atoms with E-state index >= 15 is 0 Å². The molecule has 1 unspecified atom stereocenters. The van der Waals surface area contributed by atoms with E-state index in [1.807, 2.05) is 13.8 Å². The number of aryl methyl sites for hydroxylation is 1. The fourth-order valence-electron chi connectivity index (χ4n) is 4.01. The van der Waals surface area contributed by atoms with Crippen LogP contribution in [0.1, 0.15) is 42.4 Å². The number of aromatic nitrogens is 3. The molecule has 3 N–H and O–H groups in total. The number of pyridine rings is 1. The molecule has 0 fully saturated rings. The van der Waals surface area contributed by atoms with Gasteiger partial charge in [0, 0.05) is 24.3 Å². The van der Waals surface area contributed by atoms with Gasteiger partial charge in [-0.2, -0.15) is 13.2 Å². The minimum atomic E-state index is -5.32. The second-order valence-corrected chi connectivity index (χ2v) is 11.9. The zero-order chi connectivity index (χ0) is 31.4. The molecule has 0 spiro atoms. The zero-order valence-electron chi connectivity index (χ0n) is 23.0. The highest BCUT2D eigenvalue weighted by Crippen LogP contribution is 2.23. The number of nitrogens with zero attached hydrogens (tertiary/aromatic N) is 3. The van der Waals surface area contributed by atoms with Crippen molar-refractivity contribution in [2.75, 3.05) is 11.3 Å². The first-order valence-electron chi connectivity index (χ1n) is 12.9. The van der Waals surface area contributed by atoms with Gasteiger partial charge in [0.25, 0.3) is 10.0 Å². The lowest BCUT2D eigenvalue weighted by atomic mass is 9.99. The second kappa shape index (κ2) is 12.5. The number of sulfonamides is 1. The van der Waals surface area contributed by atoms with E-state index in [1.165, 1.54) is 24.5 Å². The summed E-state index contributed by atoms with van der Waals surface area (Å²) in [5, 5.41) is 14.1. The number of rotatable bonds is 11. The molecule has 2 heterocycles. The van der Waals surface area contributed by atoms with Crippen LogP contribution < -0.4 is 10.0 Å². The molecule has 0 aliphatic heterocycles. The number of imidazole rings is 1. The van der Waals surface area contributed by atoms with Crippen LogP contribution in [0.2, 0.25) is 0 Å². The summed E-state index contributed by atoms with van der Waals surface area (Å²) in [7, 11) is -3.80. The number of β-amino-alcohol motifs (C(OH)–C–C–N with tert-alkyl or cyclic N) is 1. The fourth-order valence-corrected chi connectivity index (χ4v) is 5.08. The van der Waals surface area contributed by atoms with Gasteiger partial charge in [0.1, 0.15) is 5.52 Å². The van der Waals surface area contributed by atoms with Gasteiger partial charge in [-0.25, -0.2) is 28.0 Å². The molecule has 11 nitrogen and oxygen atoms in total. The smallest absolute Gasteiger partial charge is 0.387 e. The summed E-state index contributed by atoms with van der Waals surface area (Å²) in [5.41, 5.74) is 0.345. The third-order valence-corrected chi connectivity index (χ3v) is 7.81. The molecule has 2 aromatic carbocycles. The van der Waals surface area contributed by atoms with Crippen LogP contribution in [0.3, 0.4) is 0 Å². The monoisotopic (exact) mass is 619 g/mol. The lowest BCUT2D eigenvalue weighted by molar-refractivity contribution is -0.193. The molecule has 228 valence electrons. The largest absolute Gasteiger partial charge is 0.491 e. The van der Waals surface area contributed by atoms with E-state index < -0.39 is 45.5 Å². The summed E-state index contributed by atoms with van der Waals surface area (Å²) < 4.78 is 70.6. The van der Waals surface area contributed by atoms with Crippen LogP contribution in [0.25, 0.3) is 11.2 Å². The molecule has 15 heteroatoms. The van der Waals surface area contributed by atoms with Crippen molar-refractivity contribution < 1.29 is 41.0 Å². The van der Waals surface area contributed by atoms with Gasteiger partial charge in [0.15, 0.2) is 11.3 Å². The lowest BCUT2D eigenvalue weighted by Gasteiger charge is -2.28. The maximum absolute atomic E-state index is 12.6. The highest BCUT2D eigenvalue weighted by Gasteiger charge is 2.42. The Morgan fingerprint density at radius 1 is 1.05 bits per heavy atom. The Balaban J connectivity index is 1.36. The first kappa shape index (κ1) is 31.6. The van der Waals surface area contributed by atoms with E-state index in [-0.39, 0.29) is 17.1 Å². The van der Waals surface area contributed by atoms with Gasteiger partial charge >= 0.3 is 18.1 Å². The van der Waals surface area contributed by atoms with Gasteiger partial charge in [-0.05, 0) is 62.2 Å². The Kier molecular flexibility index (Phi) is 9.18. The van der Waals surface area contributed by atoms with Crippen LogP contribution >= 0.6 is 0 Å². The first-order valence-corrected chi connectivity index (χ1v) is 14.4. The Labute approximate surface area is 244 Å². The Bertz CT molecular complexity index is 1730. The van der Waals surface area contributed by atoms with Gasteiger partial charge in [-0.15, -0.1) is 0 Å². The highest BCUT2D eigenvalue weighted by molar-refractivity contribution is 7.92. The number of benzene rings is 2. The topological polar surface area (TPSA) is 153 Å². The van der Waals surface area contributed by atoms with Crippen LogP contribution in [-0.4, -0.2) is 58.3 Å². The van der Waals surface area contributed by atoms with E-state index in [9.17, 15) is 36.3 Å². The molecular weight excluding hydrogens is 591 g/mol. The van der Waals surface area contributed by atoms with Crippen LogP contribution in [0, 0.1) is 0 Å². The summed E-state index contributed by atoms with van der Waals surface area (Å²) in [5.74, 6) is -4.17. The van der Waals surface area contributed by atoms with E-state index in [0.29, 0.717) is 29.7 Å². The first-order chi connectivity index (χ1) is 20.1. The fraction of sp³-hybridized carbons (Fsp3) is 0.286. The molecule has 4 rings (SSSR count). The number of hydrogen-bond acceptors (Lipinski definition) is 9. The standard InChI is InChI=1S/C28H28F3N5O6S/c1-27(2,13-14-36-17-32-21-11-12-22(34-24(21)36)25(38)42-26(39)28(29,30)31)33-16-23(37)18-7-6-8-19(15-18)35-43(40,41)20-9-4-3-5-10-20/h3-12,15,17,23,33,35,37H,13-14,16H2,1-2H3. The normalized spacial score (nSPS) is 13.1. The maximum Gasteiger partial charge on any atom is 0.491 e. The summed E-state index contributed by atoms with van der Waals surface area (Å²) in [6.45, 7) is 4.24. The molecule has 0 saturated carbocycles. The maximum atomic E-state index is 12.6. The van der Waals surface area contributed by atoms with Crippen molar-refractivity contribution in [1.29, 1.82) is 0 Å². The number of carbonyl (C=O) groups is 2. The van der Waals surface area contributed by atoms with Crippen molar-refractivity contribution in [2.45, 2.75) is 49.5 Å². The number of nitrogens with one attached hydrogen (secondary N) is 2. The molecule has 0 aliphatic rings. The van der Waals surface area contributed by atoms with Crippen molar-refractivity contribution in [2.24, 2.45) is 0 Å². The minimum absolute atomic E-state index is 0.109. The number of fused-ring (bicyclic) bond motifs is 1. The van der Waals surface area contributed by atoms with Crippen LogP contribution in [0.5, 0.6) is 0 Å².